The SMILES string of the molecule is O=C(COc1cccc([N+](=O)[O-])c1)Nc1ccccc1-c1ccccc1. The average molecular weight is 348 g/mol. The van der Waals surface area contributed by atoms with Crippen molar-refractivity contribution in [2.75, 3.05) is 11.9 Å². The van der Waals surface area contributed by atoms with Crippen molar-refractivity contribution in [1.29, 1.82) is 0 Å². The second-order valence-corrected chi connectivity index (χ2v) is 5.50. The van der Waals surface area contributed by atoms with Gasteiger partial charge in [-0.15, -0.1) is 0 Å². The molecule has 6 nitrogen and oxygen atoms in total. The molecule has 3 aromatic rings. The van der Waals surface area contributed by atoms with Crippen LogP contribution in [0.2, 0.25) is 0 Å². The number of nitro groups is 1. The summed E-state index contributed by atoms with van der Waals surface area (Å²) in [5.41, 5.74) is 2.48. The van der Waals surface area contributed by atoms with Crippen LogP contribution in [0, 0.1) is 10.1 Å². The number of hydrogen-bond donors (Lipinski definition) is 1. The first-order chi connectivity index (χ1) is 12.6. The van der Waals surface area contributed by atoms with Crippen molar-refractivity contribution in [1.82, 2.24) is 0 Å². The van der Waals surface area contributed by atoms with Crippen molar-refractivity contribution in [3.05, 3.63) is 89.0 Å². The van der Waals surface area contributed by atoms with Crippen molar-refractivity contribution in [2.45, 2.75) is 0 Å². The minimum Gasteiger partial charge on any atom is -0.484 e. The molecule has 0 bridgehead atoms. The Hall–Kier alpha value is -3.67. The molecule has 0 heterocycles. The Labute approximate surface area is 150 Å². The second kappa shape index (κ2) is 7.94. The molecule has 26 heavy (non-hydrogen) atoms. The Morgan fingerprint density at radius 3 is 2.46 bits per heavy atom. The Balaban J connectivity index is 1.68. The molecular weight excluding hydrogens is 332 g/mol. The molecule has 1 N–H and O–H groups in total. The summed E-state index contributed by atoms with van der Waals surface area (Å²) >= 11 is 0. The summed E-state index contributed by atoms with van der Waals surface area (Å²) in [7, 11) is 0. The molecule has 0 saturated heterocycles. The van der Waals surface area contributed by atoms with Crippen LogP contribution in [0.15, 0.2) is 78.9 Å². The monoisotopic (exact) mass is 348 g/mol. The molecule has 3 aromatic carbocycles. The van der Waals surface area contributed by atoms with E-state index in [1.54, 1.807) is 6.07 Å². The van der Waals surface area contributed by atoms with Gasteiger partial charge in [-0.1, -0.05) is 54.6 Å². The Kier molecular flexibility index (Phi) is 5.24. The highest BCUT2D eigenvalue weighted by Crippen LogP contribution is 2.27. The Morgan fingerprint density at radius 2 is 1.69 bits per heavy atom. The topological polar surface area (TPSA) is 81.5 Å². The smallest absolute Gasteiger partial charge is 0.273 e. The van der Waals surface area contributed by atoms with E-state index in [1.165, 1.54) is 18.2 Å². The summed E-state index contributed by atoms with van der Waals surface area (Å²) in [5, 5.41) is 13.6. The lowest BCUT2D eigenvalue weighted by Crippen LogP contribution is -2.20. The number of nitro benzene ring substituents is 1. The van der Waals surface area contributed by atoms with E-state index in [-0.39, 0.29) is 24.0 Å². The molecule has 0 aromatic heterocycles. The molecule has 0 spiro atoms. The highest BCUT2D eigenvalue weighted by atomic mass is 16.6. The molecule has 3 rings (SSSR count). The summed E-state index contributed by atoms with van der Waals surface area (Å²) in [6, 6.07) is 22.9. The van der Waals surface area contributed by atoms with E-state index in [4.69, 9.17) is 4.74 Å². The van der Waals surface area contributed by atoms with Crippen LogP contribution in [-0.2, 0) is 4.79 Å². The standard InChI is InChI=1S/C20H16N2O4/c23-20(14-26-17-10-6-9-16(13-17)22(24)25)21-19-12-5-4-11-18(19)15-7-2-1-3-8-15/h1-13H,14H2,(H,21,23). The van der Waals surface area contributed by atoms with Crippen LogP contribution in [0.3, 0.4) is 0 Å². The maximum atomic E-state index is 12.2. The van der Waals surface area contributed by atoms with E-state index < -0.39 is 4.92 Å². The number of ether oxygens (including phenoxy) is 1. The molecule has 0 aliphatic carbocycles. The van der Waals surface area contributed by atoms with E-state index in [1.807, 2.05) is 54.6 Å². The van der Waals surface area contributed by atoms with Gasteiger partial charge in [0.1, 0.15) is 5.75 Å². The number of carbonyl (C=O) groups is 1. The third-order valence-electron chi connectivity index (χ3n) is 3.68. The molecular formula is C20H16N2O4. The van der Waals surface area contributed by atoms with Gasteiger partial charge in [0.2, 0.25) is 0 Å². The van der Waals surface area contributed by atoms with Gasteiger partial charge >= 0.3 is 0 Å². The minimum atomic E-state index is -0.511. The summed E-state index contributed by atoms with van der Waals surface area (Å²) in [6.45, 7) is -0.246. The van der Waals surface area contributed by atoms with Gasteiger partial charge in [-0.3, -0.25) is 14.9 Å². The zero-order valence-electron chi connectivity index (χ0n) is 13.8. The third-order valence-corrected chi connectivity index (χ3v) is 3.68. The summed E-state index contributed by atoms with van der Waals surface area (Å²) in [6.07, 6.45) is 0. The first kappa shape index (κ1) is 17.2. The van der Waals surface area contributed by atoms with Gasteiger partial charge in [0, 0.05) is 17.3 Å². The summed E-state index contributed by atoms with van der Waals surface area (Å²) < 4.78 is 5.36. The predicted molar refractivity (Wildman–Crippen MR) is 99.1 cm³/mol. The number of rotatable bonds is 6. The summed E-state index contributed by atoms with van der Waals surface area (Å²) in [4.78, 5) is 22.5. The molecule has 1 amide bonds. The van der Waals surface area contributed by atoms with E-state index >= 15 is 0 Å². The molecule has 130 valence electrons. The van der Waals surface area contributed by atoms with Gasteiger partial charge in [-0.25, -0.2) is 0 Å². The molecule has 0 saturated carbocycles. The highest BCUT2D eigenvalue weighted by Gasteiger charge is 2.10. The number of para-hydroxylation sites is 1. The number of amides is 1. The maximum absolute atomic E-state index is 12.2. The lowest BCUT2D eigenvalue weighted by Gasteiger charge is -2.12. The van der Waals surface area contributed by atoms with Crippen LogP contribution < -0.4 is 10.1 Å². The van der Waals surface area contributed by atoms with Crippen LogP contribution in [0.1, 0.15) is 0 Å². The van der Waals surface area contributed by atoms with Crippen LogP contribution in [0.5, 0.6) is 5.75 Å². The second-order valence-electron chi connectivity index (χ2n) is 5.50. The number of benzene rings is 3. The van der Waals surface area contributed by atoms with Gasteiger partial charge in [-0.2, -0.15) is 0 Å². The number of anilines is 1. The quantitative estimate of drug-likeness (QED) is 0.532. The number of nitrogens with zero attached hydrogens (tertiary/aromatic N) is 1. The van der Waals surface area contributed by atoms with Gasteiger partial charge in [-0.05, 0) is 17.7 Å². The largest absolute Gasteiger partial charge is 0.484 e. The van der Waals surface area contributed by atoms with Crippen molar-refractivity contribution in [2.24, 2.45) is 0 Å². The zero-order valence-corrected chi connectivity index (χ0v) is 13.8. The first-order valence-corrected chi connectivity index (χ1v) is 7.95. The molecule has 0 radical (unpaired) electrons. The highest BCUT2D eigenvalue weighted by molar-refractivity contribution is 5.96. The maximum Gasteiger partial charge on any atom is 0.273 e. The van der Waals surface area contributed by atoms with Crippen LogP contribution >= 0.6 is 0 Å². The predicted octanol–water partition coefficient (Wildman–Crippen LogP) is 4.28. The molecule has 0 fully saturated rings. The van der Waals surface area contributed by atoms with E-state index in [0.29, 0.717) is 5.69 Å². The fourth-order valence-electron chi connectivity index (χ4n) is 2.48. The van der Waals surface area contributed by atoms with Crippen molar-refractivity contribution < 1.29 is 14.5 Å². The molecule has 6 heteroatoms. The van der Waals surface area contributed by atoms with Crippen LogP contribution in [0.25, 0.3) is 11.1 Å². The average Bonchev–Trinajstić information content (AvgIpc) is 2.68. The molecule has 0 atom stereocenters. The Bertz CT molecular complexity index is 926. The lowest BCUT2D eigenvalue weighted by atomic mass is 10.0. The van der Waals surface area contributed by atoms with Crippen molar-refractivity contribution in [3.8, 4) is 16.9 Å². The molecule has 0 aliphatic heterocycles. The lowest BCUT2D eigenvalue weighted by molar-refractivity contribution is -0.384. The third kappa shape index (κ3) is 4.24. The number of hydrogen-bond acceptors (Lipinski definition) is 4. The first-order valence-electron chi connectivity index (χ1n) is 7.95. The van der Waals surface area contributed by atoms with E-state index in [2.05, 4.69) is 5.32 Å². The number of carbonyl (C=O) groups excluding carboxylic acids is 1. The zero-order chi connectivity index (χ0) is 18.4. The number of non-ortho nitro benzene ring substituents is 1. The van der Waals surface area contributed by atoms with Gasteiger partial charge < -0.3 is 10.1 Å². The van der Waals surface area contributed by atoms with E-state index in [9.17, 15) is 14.9 Å². The van der Waals surface area contributed by atoms with Crippen molar-refractivity contribution in [3.63, 3.8) is 0 Å². The fraction of sp³-hybridized carbons (Fsp3) is 0.0500. The molecule has 0 aliphatic rings. The normalized spacial score (nSPS) is 10.2. The van der Waals surface area contributed by atoms with Gasteiger partial charge in [0.15, 0.2) is 6.61 Å². The fourth-order valence-corrected chi connectivity index (χ4v) is 2.48. The van der Waals surface area contributed by atoms with Crippen LogP contribution in [0.4, 0.5) is 11.4 Å². The van der Waals surface area contributed by atoms with Crippen LogP contribution in [-0.4, -0.2) is 17.4 Å². The number of nitrogens with one attached hydrogen (secondary N) is 1. The van der Waals surface area contributed by atoms with Crippen molar-refractivity contribution >= 4 is 17.3 Å². The minimum absolute atomic E-state index is 0.0858. The molecule has 0 unspecified atom stereocenters. The van der Waals surface area contributed by atoms with E-state index in [0.717, 1.165) is 11.1 Å². The Morgan fingerprint density at radius 1 is 0.962 bits per heavy atom. The van der Waals surface area contributed by atoms with Gasteiger partial charge in [0.25, 0.3) is 11.6 Å². The van der Waals surface area contributed by atoms with Gasteiger partial charge in [0.05, 0.1) is 11.0 Å². The summed E-state index contributed by atoms with van der Waals surface area (Å²) in [5.74, 6) is -0.0782.